The number of benzene rings is 3. The van der Waals surface area contributed by atoms with Gasteiger partial charge < -0.3 is 4.90 Å². The Morgan fingerprint density at radius 1 is 0.879 bits per heavy atom. The highest BCUT2D eigenvalue weighted by Gasteiger charge is 2.27. The molecule has 8 heteroatoms. The van der Waals surface area contributed by atoms with E-state index in [9.17, 15) is 14.9 Å². The first-order chi connectivity index (χ1) is 16.0. The second-order valence-corrected chi connectivity index (χ2v) is 8.20. The number of carbonyl (C=O) groups is 1. The van der Waals surface area contributed by atoms with Crippen LogP contribution in [0.25, 0.3) is 0 Å². The molecular weight excluding hydrogens is 436 g/mol. The van der Waals surface area contributed by atoms with E-state index in [0.29, 0.717) is 18.2 Å². The molecule has 1 aliphatic heterocycles. The van der Waals surface area contributed by atoms with Gasteiger partial charge in [0.1, 0.15) is 0 Å². The molecule has 0 radical (unpaired) electrons. The molecule has 3 aromatic rings. The lowest BCUT2D eigenvalue weighted by Crippen LogP contribution is -2.53. The molecule has 0 bridgehead atoms. The van der Waals surface area contributed by atoms with Gasteiger partial charge >= 0.3 is 0 Å². The topological polar surface area (TPSA) is 78.7 Å². The quantitative estimate of drug-likeness (QED) is 0.352. The Balaban J connectivity index is 1.41. The maximum absolute atomic E-state index is 12.6. The number of piperazine rings is 1. The monoisotopic (exact) mass is 460 g/mol. The van der Waals surface area contributed by atoms with Gasteiger partial charge in [-0.25, -0.2) is 0 Å². The summed E-state index contributed by atoms with van der Waals surface area (Å²) >= 11 is 5.47. The lowest BCUT2D eigenvalue weighted by atomic mass is 9.96. The van der Waals surface area contributed by atoms with Crippen LogP contribution in [-0.2, 0) is 0 Å². The van der Waals surface area contributed by atoms with Gasteiger partial charge in [-0.15, -0.1) is 0 Å². The summed E-state index contributed by atoms with van der Waals surface area (Å²) in [6, 6.07) is 26.6. The SMILES string of the molecule is O=C(NC(=S)N1CCN(C(c2ccccc2)c2ccccc2)CC1)c1cccc([N+](=O)[O-])c1. The van der Waals surface area contributed by atoms with Crippen molar-refractivity contribution in [2.45, 2.75) is 6.04 Å². The first-order valence-corrected chi connectivity index (χ1v) is 11.1. The fourth-order valence-corrected chi connectivity index (χ4v) is 4.35. The number of nitro groups is 1. The van der Waals surface area contributed by atoms with Crippen LogP contribution in [0.2, 0.25) is 0 Å². The van der Waals surface area contributed by atoms with E-state index >= 15 is 0 Å². The van der Waals surface area contributed by atoms with E-state index in [1.165, 1.54) is 35.4 Å². The minimum atomic E-state index is -0.524. The summed E-state index contributed by atoms with van der Waals surface area (Å²) in [5, 5.41) is 14.0. The second kappa shape index (κ2) is 10.3. The Labute approximate surface area is 197 Å². The third kappa shape index (κ3) is 5.42. The smallest absolute Gasteiger partial charge is 0.270 e. The molecule has 168 valence electrons. The number of carbonyl (C=O) groups excluding carboxylic acids is 1. The van der Waals surface area contributed by atoms with Crippen LogP contribution in [0, 0.1) is 10.1 Å². The van der Waals surface area contributed by atoms with Gasteiger partial charge in [0.05, 0.1) is 11.0 Å². The maximum Gasteiger partial charge on any atom is 0.270 e. The molecule has 1 aliphatic rings. The maximum atomic E-state index is 12.6. The molecule has 1 amide bonds. The van der Waals surface area contributed by atoms with Crippen LogP contribution >= 0.6 is 12.2 Å². The normalized spacial score (nSPS) is 14.2. The molecule has 0 aromatic heterocycles. The molecule has 0 unspecified atom stereocenters. The molecule has 0 saturated carbocycles. The van der Waals surface area contributed by atoms with Gasteiger partial charge in [0.2, 0.25) is 0 Å². The Morgan fingerprint density at radius 3 is 2.00 bits per heavy atom. The highest BCUT2D eigenvalue weighted by molar-refractivity contribution is 7.80. The molecule has 33 heavy (non-hydrogen) atoms. The number of non-ortho nitro benzene ring substituents is 1. The van der Waals surface area contributed by atoms with Crippen molar-refractivity contribution >= 4 is 28.9 Å². The highest BCUT2D eigenvalue weighted by atomic mass is 32.1. The molecular formula is C25H24N4O3S. The van der Waals surface area contributed by atoms with Crippen LogP contribution in [0.15, 0.2) is 84.9 Å². The van der Waals surface area contributed by atoms with E-state index in [0.717, 1.165) is 13.1 Å². The van der Waals surface area contributed by atoms with Crippen LogP contribution in [-0.4, -0.2) is 51.9 Å². The first-order valence-electron chi connectivity index (χ1n) is 10.7. The van der Waals surface area contributed by atoms with Crippen LogP contribution in [0.4, 0.5) is 5.69 Å². The average molecular weight is 461 g/mol. The van der Waals surface area contributed by atoms with Crippen LogP contribution < -0.4 is 5.32 Å². The molecule has 1 saturated heterocycles. The van der Waals surface area contributed by atoms with Crippen molar-refractivity contribution in [1.82, 2.24) is 15.1 Å². The molecule has 0 atom stereocenters. The predicted octanol–water partition coefficient (Wildman–Crippen LogP) is 4.02. The zero-order valence-electron chi connectivity index (χ0n) is 18.0. The fourth-order valence-electron chi connectivity index (χ4n) is 4.08. The molecule has 1 heterocycles. The highest BCUT2D eigenvalue weighted by Crippen LogP contribution is 2.29. The summed E-state index contributed by atoms with van der Waals surface area (Å²) in [4.78, 5) is 27.4. The minimum Gasteiger partial charge on any atom is -0.346 e. The van der Waals surface area contributed by atoms with Crippen LogP contribution in [0.3, 0.4) is 0 Å². The Bertz CT molecular complexity index is 1090. The van der Waals surface area contributed by atoms with Gasteiger partial charge in [-0.1, -0.05) is 66.7 Å². The lowest BCUT2D eigenvalue weighted by molar-refractivity contribution is -0.384. The van der Waals surface area contributed by atoms with Crippen LogP contribution in [0.1, 0.15) is 27.5 Å². The van der Waals surface area contributed by atoms with Crippen molar-refractivity contribution in [1.29, 1.82) is 0 Å². The summed E-state index contributed by atoms with van der Waals surface area (Å²) in [6.07, 6.45) is 0. The fraction of sp³-hybridized carbons (Fsp3) is 0.200. The van der Waals surface area contributed by atoms with Gasteiger partial charge in [0.25, 0.3) is 11.6 Å². The summed E-state index contributed by atoms with van der Waals surface area (Å²) in [6.45, 7) is 2.90. The second-order valence-electron chi connectivity index (χ2n) is 7.81. The Hall–Kier alpha value is -3.62. The van der Waals surface area contributed by atoms with Gasteiger partial charge in [0, 0.05) is 43.9 Å². The number of nitro benzene ring substituents is 1. The Morgan fingerprint density at radius 2 is 1.45 bits per heavy atom. The summed E-state index contributed by atoms with van der Waals surface area (Å²) < 4.78 is 0. The molecule has 3 aromatic carbocycles. The number of amides is 1. The molecule has 0 aliphatic carbocycles. The number of thiocarbonyl (C=S) groups is 1. The van der Waals surface area contributed by atoms with Crippen molar-refractivity contribution in [2.75, 3.05) is 26.2 Å². The van der Waals surface area contributed by atoms with Gasteiger partial charge in [-0.2, -0.15) is 0 Å². The predicted molar refractivity (Wildman–Crippen MR) is 131 cm³/mol. The van der Waals surface area contributed by atoms with Gasteiger partial charge in [-0.3, -0.25) is 25.1 Å². The molecule has 7 nitrogen and oxygen atoms in total. The third-order valence-corrected chi connectivity index (χ3v) is 6.10. The number of nitrogens with one attached hydrogen (secondary N) is 1. The van der Waals surface area contributed by atoms with E-state index in [4.69, 9.17) is 12.2 Å². The third-order valence-electron chi connectivity index (χ3n) is 5.74. The van der Waals surface area contributed by atoms with E-state index < -0.39 is 10.8 Å². The summed E-state index contributed by atoms with van der Waals surface area (Å²) in [5.41, 5.74) is 2.55. The molecule has 0 spiro atoms. The molecule has 4 rings (SSSR count). The molecule has 1 N–H and O–H groups in total. The van der Waals surface area contributed by atoms with Crippen molar-refractivity contribution in [3.05, 3.63) is 112 Å². The lowest BCUT2D eigenvalue weighted by Gasteiger charge is -2.40. The van der Waals surface area contributed by atoms with E-state index in [-0.39, 0.29) is 17.3 Å². The molecule has 1 fully saturated rings. The Kier molecular flexibility index (Phi) is 7.07. The number of nitrogens with zero attached hydrogens (tertiary/aromatic N) is 3. The largest absolute Gasteiger partial charge is 0.346 e. The number of hydrogen-bond acceptors (Lipinski definition) is 5. The minimum absolute atomic E-state index is 0.130. The summed E-state index contributed by atoms with van der Waals surface area (Å²) in [7, 11) is 0. The van der Waals surface area contributed by atoms with E-state index in [1.54, 1.807) is 0 Å². The first kappa shape index (κ1) is 22.6. The van der Waals surface area contributed by atoms with Crippen molar-refractivity contribution in [2.24, 2.45) is 0 Å². The van der Waals surface area contributed by atoms with E-state index in [2.05, 4.69) is 58.7 Å². The summed E-state index contributed by atoms with van der Waals surface area (Å²) in [5.74, 6) is -0.447. The van der Waals surface area contributed by atoms with Gasteiger partial charge in [0.15, 0.2) is 5.11 Å². The number of hydrogen-bond donors (Lipinski definition) is 1. The van der Waals surface area contributed by atoms with Crippen molar-refractivity contribution in [3.63, 3.8) is 0 Å². The van der Waals surface area contributed by atoms with E-state index in [1.807, 2.05) is 17.0 Å². The van der Waals surface area contributed by atoms with Crippen LogP contribution in [0.5, 0.6) is 0 Å². The van der Waals surface area contributed by atoms with Gasteiger partial charge in [-0.05, 0) is 29.4 Å². The zero-order valence-corrected chi connectivity index (χ0v) is 18.8. The number of rotatable bonds is 5. The van der Waals surface area contributed by atoms with Crippen molar-refractivity contribution < 1.29 is 9.72 Å². The zero-order chi connectivity index (χ0) is 23.2. The standard InChI is InChI=1S/C25H24N4O3S/c30-24(21-12-7-13-22(18-21)29(31)32)26-25(33)28-16-14-27(15-17-28)23(19-8-3-1-4-9-19)20-10-5-2-6-11-20/h1-13,18,23H,14-17H2,(H,26,30,33). The van der Waals surface area contributed by atoms with Crippen molar-refractivity contribution in [3.8, 4) is 0 Å². The average Bonchev–Trinajstić information content (AvgIpc) is 2.86.